The Morgan fingerprint density at radius 2 is 2.45 bits per heavy atom. The van der Waals surface area contributed by atoms with E-state index in [4.69, 9.17) is 0 Å². The number of carbonyl (C=O) groups is 2. The van der Waals surface area contributed by atoms with Gasteiger partial charge in [0.1, 0.15) is 0 Å². The van der Waals surface area contributed by atoms with Crippen LogP contribution in [0, 0.1) is 0 Å². The fourth-order valence-corrected chi connectivity index (χ4v) is 1.53. The Morgan fingerprint density at radius 1 is 1.73 bits per heavy atom. The second-order valence-corrected chi connectivity index (χ2v) is 2.73. The molecule has 0 unspecified atom stereocenters. The first-order chi connectivity index (χ1) is 5.20. The third-order valence-electron chi connectivity index (χ3n) is 2.10. The van der Waals surface area contributed by atoms with Gasteiger partial charge in [0.2, 0.25) is 5.91 Å². The van der Waals surface area contributed by atoms with Crippen LogP contribution in [0.2, 0.25) is 0 Å². The monoisotopic (exact) mass is 152 g/mol. The molecule has 0 aromatic rings. The van der Waals surface area contributed by atoms with E-state index < -0.39 is 5.97 Å². The van der Waals surface area contributed by atoms with Crippen molar-refractivity contribution >= 4 is 11.9 Å². The Kier molecular flexibility index (Phi) is 1.07. The van der Waals surface area contributed by atoms with Crippen molar-refractivity contribution in [3.8, 4) is 0 Å². The number of nitrogens with zero attached hydrogens (tertiary/aromatic N) is 1. The summed E-state index contributed by atoms with van der Waals surface area (Å²) in [6.07, 6.45) is 2.69. The van der Waals surface area contributed by atoms with Gasteiger partial charge in [-0.1, -0.05) is 6.08 Å². The van der Waals surface area contributed by atoms with Crippen LogP contribution in [0.4, 0.5) is 0 Å². The van der Waals surface area contributed by atoms with Crippen LogP contribution in [0.3, 0.4) is 0 Å². The van der Waals surface area contributed by atoms with E-state index in [1.807, 2.05) is 0 Å². The maximum Gasteiger partial charge on any atom is 0.229 e. The van der Waals surface area contributed by atoms with Crippen LogP contribution in [0.25, 0.3) is 0 Å². The Morgan fingerprint density at radius 3 is 2.91 bits per heavy atom. The van der Waals surface area contributed by atoms with E-state index in [2.05, 4.69) is 0 Å². The first-order valence-electron chi connectivity index (χ1n) is 3.43. The summed E-state index contributed by atoms with van der Waals surface area (Å²) in [7, 11) is 0. The number of rotatable bonds is 1. The highest BCUT2D eigenvalue weighted by atomic mass is 16.4. The van der Waals surface area contributed by atoms with Gasteiger partial charge in [0.05, 0.1) is 11.7 Å². The van der Waals surface area contributed by atoms with Crippen molar-refractivity contribution in [3.63, 3.8) is 0 Å². The van der Waals surface area contributed by atoms with Gasteiger partial charge in [0.15, 0.2) is 0 Å². The number of amides is 1. The normalized spacial score (nSPS) is 27.6. The van der Waals surface area contributed by atoms with E-state index in [-0.39, 0.29) is 17.6 Å². The summed E-state index contributed by atoms with van der Waals surface area (Å²) >= 11 is 0. The molecule has 58 valence electrons. The van der Waals surface area contributed by atoms with Gasteiger partial charge in [-0.2, -0.15) is 0 Å². The molecule has 4 nitrogen and oxygen atoms in total. The van der Waals surface area contributed by atoms with E-state index in [1.165, 1.54) is 4.90 Å². The molecule has 0 aliphatic carbocycles. The van der Waals surface area contributed by atoms with Crippen LogP contribution in [0.15, 0.2) is 11.8 Å². The molecule has 1 amide bonds. The lowest BCUT2D eigenvalue weighted by atomic mass is 10.0. The summed E-state index contributed by atoms with van der Waals surface area (Å²) in [5.74, 6) is -1.36. The summed E-state index contributed by atoms with van der Waals surface area (Å²) < 4.78 is 0. The molecule has 4 heteroatoms. The molecule has 0 radical (unpaired) electrons. The molecule has 1 fully saturated rings. The van der Waals surface area contributed by atoms with E-state index in [0.717, 1.165) is 0 Å². The predicted octanol–water partition coefficient (Wildman–Crippen LogP) is -1.38. The van der Waals surface area contributed by atoms with Crippen LogP contribution < -0.4 is 5.11 Å². The second kappa shape index (κ2) is 1.84. The molecule has 2 heterocycles. The van der Waals surface area contributed by atoms with Crippen LogP contribution in [-0.2, 0) is 9.59 Å². The molecule has 0 aromatic carbocycles. The predicted molar refractivity (Wildman–Crippen MR) is 33.0 cm³/mol. The smallest absolute Gasteiger partial charge is 0.229 e. The zero-order valence-corrected chi connectivity index (χ0v) is 5.74. The van der Waals surface area contributed by atoms with Gasteiger partial charge >= 0.3 is 0 Å². The number of hydrogen-bond acceptors (Lipinski definition) is 3. The topological polar surface area (TPSA) is 60.4 Å². The standard InChI is InChI=1S/C7H7NO3/c9-6-3-4-1-2-5(7(10)11)8(4)6/h2,4H,1,3H2,(H,10,11)/p-1/t4-/m1/s1. The minimum atomic E-state index is -1.25. The van der Waals surface area contributed by atoms with E-state index >= 15 is 0 Å². The van der Waals surface area contributed by atoms with Gasteiger partial charge in [-0.15, -0.1) is 0 Å². The van der Waals surface area contributed by atoms with E-state index in [0.29, 0.717) is 12.8 Å². The highest BCUT2D eigenvalue weighted by Gasteiger charge is 2.41. The summed E-state index contributed by atoms with van der Waals surface area (Å²) in [6, 6.07) is 0.107. The second-order valence-electron chi connectivity index (χ2n) is 2.73. The zero-order chi connectivity index (χ0) is 8.01. The van der Waals surface area contributed by atoms with Gasteiger partial charge in [-0.05, 0) is 6.42 Å². The lowest BCUT2D eigenvalue weighted by Crippen LogP contribution is -2.51. The third kappa shape index (κ3) is 0.691. The van der Waals surface area contributed by atoms with Crippen LogP contribution in [-0.4, -0.2) is 22.8 Å². The number of fused-ring (bicyclic) bond motifs is 1. The molecule has 2 aliphatic heterocycles. The molecule has 0 N–H and O–H groups in total. The van der Waals surface area contributed by atoms with Gasteiger partial charge < -0.3 is 14.8 Å². The van der Waals surface area contributed by atoms with Crippen LogP contribution in [0.1, 0.15) is 12.8 Å². The minimum Gasteiger partial charge on any atom is -0.543 e. The number of β-lactam (4-membered cyclic amide) rings is 1. The summed E-state index contributed by atoms with van der Waals surface area (Å²) in [5, 5.41) is 10.4. The average Bonchev–Trinajstić information content (AvgIpc) is 2.25. The van der Waals surface area contributed by atoms with E-state index in [1.54, 1.807) is 6.08 Å². The fourth-order valence-electron chi connectivity index (χ4n) is 1.53. The van der Waals surface area contributed by atoms with Crippen molar-refractivity contribution in [2.45, 2.75) is 18.9 Å². The van der Waals surface area contributed by atoms with Crippen LogP contribution in [0.5, 0.6) is 0 Å². The maximum absolute atomic E-state index is 10.8. The van der Waals surface area contributed by atoms with Crippen molar-refractivity contribution in [3.05, 3.63) is 11.8 Å². The van der Waals surface area contributed by atoms with Crippen molar-refractivity contribution in [2.24, 2.45) is 0 Å². The fraction of sp³-hybridized carbons (Fsp3) is 0.429. The Bertz CT molecular complexity index is 269. The summed E-state index contributed by atoms with van der Waals surface area (Å²) in [4.78, 5) is 22.5. The number of hydrogen-bond donors (Lipinski definition) is 0. The Hall–Kier alpha value is -1.32. The highest BCUT2D eigenvalue weighted by Crippen LogP contribution is 2.32. The average molecular weight is 152 g/mol. The molecular weight excluding hydrogens is 146 g/mol. The number of carboxylic acids is 1. The van der Waals surface area contributed by atoms with Crippen molar-refractivity contribution in [1.82, 2.24) is 4.90 Å². The summed E-state index contributed by atoms with van der Waals surface area (Å²) in [5.41, 5.74) is 0.0475. The number of carbonyl (C=O) groups excluding carboxylic acids is 2. The molecular formula is C7H6NO3-. The molecule has 2 aliphatic rings. The molecule has 2 rings (SSSR count). The molecule has 1 saturated heterocycles. The summed E-state index contributed by atoms with van der Waals surface area (Å²) in [6.45, 7) is 0. The zero-order valence-electron chi connectivity index (χ0n) is 5.74. The Labute approximate surface area is 63.1 Å². The van der Waals surface area contributed by atoms with Gasteiger partial charge in [-0.25, -0.2) is 0 Å². The van der Waals surface area contributed by atoms with E-state index in [9.17, 15) is 14.7 Å². The largest absolute Gasteiger partial charge is 0.543 e. The molecule has 1 atom stereocenters. The first kappa shape index (κ1) is 6.39. The first-order valence-corrected chi connectivity index (χ1v) is 3.43. The number of aliphatic carboxylic acids is 1. The van der Waals surface area contributed by atoms with Crippen LogP contribution >= 0.6 is 0 Å². The van der Waals surface area contributed by atoms with Crippen molar-refractivity contribution < 1.29 is 14.7 Å². The Balaban J connectivity index is 2.24. The quantitative estimate of drug-likeness (QED) is 0.435. The molecule has 0 spiro atoms. The van der Waals surface area contributed by atoms with Crippen molar-refractivity contribution in [1.29, 1.82) is 0 Å². The molecule has 11 heavy (non-hydrogen) atoms. The molecule has 0 saturated carbocycles. The van der Waals surface area contributed by atoms with Gasteiger partial charge in [-0.3, -0.25) is 4.79 Å². The number of carboxylic acid groups (broad SMARTS) is 1. The maximum atomic E-state index is 10.8. The SMILES string of the molecule is O=C([O-])C1=CC[C@@H]2CC(=O)N12. The third-order valence-corrected chi connectivity index (χ3v) is 2.10. The van der Waals surface area contributed by atoms with Gasteiger partial charge in [0.25, 0.3) is 0 Å². The lowest BCUT2D eigenvalue weighted by Gasteiger charge is -2.36. The van der Waals surface area contributed by atoms with Gasteiger partial charge in [0, 0.05) is 12.5 Å². The highest BCUT2D eigenvalue weighted by molar-refractivity contribution is 5.96. The molecule has 0 bridgehead atoms. The molecule has 0 aromatic heterocycles. The minimum absolute atomic E-state index is 0.0475. The lowest BCUT2D eigenvalue weighted by molar-refractivity contribution is -0.301. The van der Waals surface area contributed by atoms with Crippen molar-refractivity contribution in [2.75, 3.05) is 0 Å².